The Labute approximate surface area is 549 Å². The maximum atomic E-state index is 2.73. The summed E-state index contributed by atoms with van der Waals surface area (Å²) in [6.45, 7) is 50.8. The van der Waals surface area contributed by atoms with Crippen molar-refractivity contribution in [3.8, 4) is 11.1 Å². The summed E-state index contributed by atoms with van der Waals surface area (Å²) in [6, 6.07) is 70.5. The standard InChI is InChI=1S/C88H101BN2/c1-55-47-56(2)80-79(48-55)91(61-34-31-59(32-35-61)81(4,5)6)78-52-64(90(62-36-40-68-72(50-62)85(14,15)45-43-83(68,10)11)63-37-41-69-73(51-63)86(16,17)46-44-84(69,12)13)38-42-76(78)89(80)77-54-75-74(87(18,19)70-29-25-26-30-71(70)88(75,20)21)53-66(77)57(3)65-39-33-60(82(7,8)9)49-67(65)58-27-23-22-24-28-58/h22-42,47-54,57H,43-46H2,1-21H3. The van der Waals surface area contributed by atoms with Crippen LogP contribution in [0.5, 0.6) is 0 Å². The molecular formula is C88H101BN2. The predicted octanol–water partition coefficient (Wildman–Crippen LogP) is 22.1. The monoisotopic (exact) mass is 1200 g/mol. The van der Waals surface area contributed by atoms with Crippen LogP contribution in [0.4, 0.5) is 34.1 Å². The fraction of sp³-hybridized carbons (Fsp3) is 0.386. The lowest BCUT2D eigenvalue weighted by molar-refractivity contribution is 0.332. The van der Waals surface area contributed by atoms with Crippen molar-refractivity contribution in [1.29, 1.82) is 0 Å². The van der Waals surface area contributed by atoms with Crippen LogP contribution in [-0.4, -0.2) is 6.71 Å². The van der Waals surface area contributed by atoms with E-state index in [0.29, 0.717) is 0 Å². The van der Waals surface area contributed by atoms with E-state index in [1.165, 1.54) is 147 Å². The quantitative estimate of drug-likeness (QED) is 0.140. The molecule has 13 rings (SSSR count). The lowest BCUT2D eigenvalue weighted by Crippen LogP contribution is -2.59. The van der Waals surface area contributed by atoms with E-state index >= 15 is 0 Å². The highest BCUT2D eigenvalue weighted by atomic mass is 15.2. The molecule has 2 nitrogen and oxygen atoms in total. The summed E-state index contributed by atoms with van der Waals surface area (Å²) in [5.41, 5.74) is 33.1. The van der Waals surface area contributed by atoms with E-state index in [2.05, 4.69) is 331 Å². The minimum Gasteiger partial charge on any atom is -0.311 e. The Balaban J connectivity index is 1.13. The molecule has 4 aliphatic rings. The maximum absolute atomic E-state index is 2.73. The average molecular weight is 1200 g/mol. The normalized spacial score (nSPS) is 18.2. The van der Waals surface area contributed by atoms with Crippen LogP contribution in [-0.2, 0) is 43.3 Å². The first-order chi connectivity index (χ1) is 42.6. The van der Waals surface area contributed by atoms with Gasteiger partial charge in [0.2, 0.25) is 6.71 Å². The Bertz CT molecular complexity index is 4280. The number of hydrogen-bond donors (Lipinski definition) is 0. The van der Waals surface area contributed by atoms with E-state index in [9.17, 15) is 0 Å². The molecule has 9 aromatic carbocycles. The summed E-state index contributed by atoms with van der Waals surface area (Å²) in [5, 5.41) is 0. The molecule has 0 saturated carbocycles. The van der Waals surface area contributed by atoms with Crippen LogP contribution in [0.1, 0.15) is 241 Å². The van der Waals surface area contributed by atoms with Gasteiger partial charge < -0.3 is 9.80 Å². The largest absolute Gasteiger partial charge is 0.311 e. The van der Waals surface area contributed by atoms with Gasteiger partial charge in [0.05, 0.1) is 0 Å². The van der Waals surface area contributed by atoms with Crippen molar-refractivity contribution in [2.24, 2.45) is 0 Å². The summed E-state index contributed by atoms with van der Waals surface area (Å²) in [7, 11) is 0. The highest BCUT2D eigenvalue weighted by Crippen LogP contribution is 2.54. The minimum absolute atomic E-state index is 0.00463. The van der Waals surface area contributed by atoms with Gasteiger partial charge in [0.15, 0.2) is 0 Å². The zero-order valence-electron chi connectivity index (χ0n) is 59.1. The predicted molar refractivity (Wildman–Crippen MR) is 394 cm³/mol. The van der Waals surface area contributed by atoms with Crippen LogP contribution in [0.3, 0.4) is 0 Å². The Morgan fingerprint density at radius 3 is 1.43 bits per heavy atom. The molecule has 0 aromatic heterocycles. The van der Waals surface area contributed by atoms with Crippen molar-refractivity contribution in [2.75, 3.05) is 9.80 Å². The Kier molecular flexibility index (Phi) is 14.7. The first-order valence-electron chi connectivity index (χ1n) is 34.3. The number of rotatable bonds is 8. The second kappa shape index (κ2) is 21.3. The number of aryl methyl sites for hydroxylation is 2. The van der Waals surface area contributed by atoms with Crippen LogP contribution in [0, 0.1) is 13.8 Å². The first kappa shape index (κ1) is 62.5. The first-order valence-corrected chi connectivity index (χ1v) is 34.3. The van der Waals surface area contributed by atoms with Crippen molar-refractivity contribution in [2.45, 2.75) is 220 Å². The lowest BCUT2D eigenvalue weighted by Gasteiger charge is -2.46. The SMILES string of the molecule is Cc1cc(C)c2c(c1)N(c1ccc(C(C)(C)C)cc1)c1cc(N(c3ccc4c(c3)C(C)(C)CCC4(C)C)c3ccc4c(c3)C(C)(C)CCC4(C)C)ccc1B2c1cc2c(cc1C(C)c1ccc(C(C)(C)C)cc1-c1ccccc1)C(C)(C)c1ccccc1C2(C)C. The van der Waals surface area contributed by atoms with E-state index in [1.54, 1.807) is 0 Å². The van der Waals surface area contributed by atoms with Gasteiger partial charge in [0, 0.05) is 50.9 Å². The molecule has 0 N–H and O–H groups in total. The van der Waals surface area contributed by atoms with Gasteiger partial charge in [-0.3, -0.25) is 0 Å². The van der Waals surface area contributed by atoms with Crippen molar-refractivity contribution in [3.63, 3.8) is 0 Å². The van der Waals surface area contributed by atoms with Crippen molar-refractivity contribution in [1.82, 2.24) is 0 Å². The number of anilines is 6. The Morgan fingerprint density at radius 2 is 0.890 bits per heavy atom. The third kappa shape index (κ3) is 10.4. The third-order valence-electron chi connectivity index (χ3n) is 23.1. The topological polar surface area (TPSA) is 6.48 Å². The smallest absolute Gasteiger partial charge is 0.247 e. The molecule has 1 aliphatic heterocycles. The van der Waals surface area contributed by atoms with Gasteiger partial charge in [-0.25, -0.2) is 0 Å². The molecule has 0 bridgehead atoms. The molecule has 1 unspecified atom stereocenters. The van der Waals surface area contributed by atoms with Gasteiger partial charge in [-0.2, -0.15) is 0 Å². The van der Waals surface area contributed by atoms with Crippen LogP contribution in [0.25, 0.3) is 11.1 Å². The Morgan fingerprint density at radius 1 is 0.407 bits per heavy atom. The van der Waals surface area contributed by atoms with E-state index < -0.39 is 0 Å². The number of benzene rings is 9. The molecule has 466 valence electrons. The molecular weight excluding hydrogens is 1100 g/mol. The summed E-state index contributed by atoms with van der Waals surface area (Å²) in [4.78, 5) is 5.28. The number of fused-ring (bicyclic) bond motifs is 6. The molecule has 91 heavy (non-hydrogen) atoms. The zero-order chi connectivity index (χ0) is 65.1. The minimum atomic E-state index is -0.271. The van der Waals surface area contributed by atoms with Crippen LogP contribution < -0.4 is 26.2 Å². The van der Waals surface area contributed by atoms with Crippen LogP contribution in [0.2, 0.25) is 0 Å². The molecule has 0 fully saturated rings. The fourth-order valence-electron chi connectivity index (χ4n) is 17.1. The lowest BCUT2D eigenvalue weighted by atomic mass is 9.33. The molecule has 1 heterocycles. The summed E-state index contributed by atoms with van der Waals surface area (Å²) in [5.74, 6) is 0.0208. The highest BCUT2D eigenvalue weighted by molar-refractivity contribution is 6.98. The molecule has 3 aliphatic carbocycles. The van der Waals surface area contributed by atoms with Crippen molar-refractivity contribution < 1.29 is 0 Å². The van der Waals surface area contributed by atoms with Gasteiger partial charge >= 0.3 is 0 Å². The van der Waals surface area contributed by atoms with Gasteiger partial charge in [0.1, 0.15) is 0 Å². The van der Waals surface area contributed by atoms with E-state index in [4.69, 9.17) is 0 Å². The zero-order valence-corrected chi connectivity index (χ0v) is 59.1. The highest BCUT2D eigenvalue weighted by Gasteiger charge is 2.47. The average Bonchev–Trinajstić information content (AvgIpc) is 0.727. The molecule has 0 spiro atoms. The summed E-state index contributed by atoms with van der Waals surface area (Å²) in [6.07, 6.45) is 4.66. The molecule has 3 heteroatoms. The van der Waals surface area contributed by atoms with Crippen LogP contribution in [0.15, 0.2) is 176 Å². The van der Waals surface area contributed by atoms with Gasteiger partial charge in [0.25, 0.3) is 0 Å². The van der Waals surface area contributed by atoms with Gasteiger partial charge in [-0.15, -0.1) is 0 Å². The second-order valence-electron chi connectivity index (χ2n) is 34.1. The number of hydrogen-bond acceptors (Lipinski definition) is 2. The fourth-order valence-corrected chi connectivity index (χ4v) is 17.1. The molecule has 9 aromatic rings. The van der Waals surface area contributed by atoms with Crippen molar-refractivity contribution >= 4 is 57.2 Å². The van der Waals surface area contributed by atoms with Gasteiger partial charge in [-0.1, -0.05) is 264 Å². The van der Waals surface area contributed by atoms with E-state index in [-0.39, 0.29) is 56.0 Å². The Hall–Kier alpha value is -7.36. The number of nitrogens with zero attached hydrogens (tertiary/aromatic N) is 2. The maximum Gasteiger partial charge on any atom is 0.247 e. The molecule has 1 atom stereocenters. The van der Waals surface area contributed by atoms with E-state index in [1.807, 2.05) is 0 Å². The summed E-state index contributed by atoms with van der Waals surface area (Å²) >= 11 is 0. The van der Waals surface area contributed by atoms with Crippen molar-refractivity contribution in [3.05, 3.63) is 254 Å². The molecule has 0 saturated heterocycles. The molecule has 0 radical (unpaired) electrons. The van der Waals surface area contributed by atoms with E-state index in [0.717, 1.165) is 18.5 Å². The summed E-state index contributed by atoms with van der Waals surface area (Å²) < 4.78 is 0. The van der Waals surface area contributed by atoms with Crippen LogP contribution >= 0.6 is 0 Å². The second-order valence-corrected chi connectivity index (χ2v) is 34.1. The van der Waals surface area contributed by atoms with Gasteiger partial charge in [-0.05, 0) is 221 Å². The third-order valence-corrected chi connectivity index (χ3v) is 23.1. The molecule has 0 amide bonds.